The molecule has 1 aromatic carbocycles. The van der Waals surface area contributed by atoms with Gasteiger partial charge in [-0.05, 0) is 31.2 Å². The van der Waals surface area contributed by atoms with Gasteiger partial charge in [-0.3, -0.25) is 9.78 Å². The number of amides is 1. The third-order valence-corrected chi connectivity index (χ3v) is 3.59. The Bertz CT molecular complexity index is 768. The first-order chi connectivity index (χ1) is 11.7. The molecule has 3 rings (SSSR count). The number of carbonyl (C=O) groups is 1. The minimum absolute atomic E-state index is 0.0166. The van der Waals surface area contributed by atoms with Crippen LogP contribution < -0.4 is 10.1 Å². The summed E-state index contributed by atoms with van der Waals surface area (Å²) in [5.41, 5.74) is 1.91. The standard InChI is InChI=1S/C18H20N4O2/c1-13(24-14-5-4-10-19-12-14)11-20-18(23)9-8-17-21-15-6-2-3-7-16(15)22-17/h2-7,10,12-13H,8-9,11H2,1H3,(H,20,23)(H,21,22)/t13-/m0/s1. The Morgan fingerprint density at radius 3 is 2.96 bits per heavy atom. The van der Waals surface area contributed by atoms with Gasteiger partial charge in [0.25, 0.3) is 0 Å². The lowest BCUT2D eigenvalue weighted by molar-refractivity contribution is -0.121. The molecule has 0 aliphatic heterocycles. The van der Waals surface area contributed by atoms with Crippen molar-refractivity contribution in [3.8, 4) is 5.75 Å². The van der Waals surface area contributed by atoms with Crippen molar-refractivity contribution in [1.82, 2.24) is 20.3 Å². The number of carbonyl (C=O) groups excluding carboxylic acids is 1. The van der Waals surface area contributed by atoms with Crippen molar-refractivity contribution in [3.05, 3.63) is 54.6 Å². The minimum atomic E-state index is -0.121. The zero-order chi connectivity index (χ0) is 16.8. The molecule has 1 amide bonds. The zero-order valence-electron chi connectivity index (χ0n) is 13.5. The molecule has 0 fully saturated rings. The summed E-state index contributed by atoms with van der Waals surface area (Å²) in [6.45, 7) is 2.36. The molecule has 0 radical (unpaired) electrons. The van der Waals surface area contributed by atoms with E-state index in [9.17, 15) is 4.79 Å². The number of aromatic nitrogens is 3. The Balaban J connectivity index is 1.42. The average molecular weight is 324 g/mol. The van der Waals surface area contributed by atoms with Gasteiger partial charge >= 0.3 is 0 Å². The lowest BCUT2D eigenvalue weighted by Crippen LogP contribution is -2.33. The first kappa shape index (κ1) is 16.0. The lowest BCUT2D eigenvalue weighted by Gasteiger charge is -2.15. The van der Waals surface area contributed by atoms with Crippen LogP contribution in [0.4, 0.5) is 0 Å². The molecular formula is C18H20N4O2. The number of H-pyrrole nitrogens is 1. The summed E-state index contributed by atoms with van der Waals surface area (Å²) in [7, 11) is 0. The van der Waals surface area contributed by atoms with Crippen LogP contribution in [0, 0.1) is 0 Å². The Morgan fingerprint density at radius 2 is 2.17 bits per heavy atom. The van der Waals surface area contributed by atoms with Crippen molar-refractivity contribution in [2.45, 2.75) is 25.9 Å². The number of aryl methyl sites for hydroxylation is 1. The number of imidazole rings is 1. The number of pyridine rings is 1. The third-order valence-electron chi connectivity index (χ3n) is 3.59. The summed E-state index contributed by atoms with van der Waals surface area (Å²) in [5.74, 6) is 1.50. The van der Waals surface area contributed by atoms with E-state index in [1.807, 2.05) is 43.3 Å². The monoisotopic (exact) mass is 324 g/mol. The van der Waals surface area contributed by atoms with Crippen LogP contribution in [-0.2, 0) is 11.2 Å². The lowest BCUT2D eigenvalue weighted by atomic mass is 10.2. The highest BCUT2D eigenvalue weighted by atomic mass is 16.5. The second kappa shape index (κ2) is 7.59. The molecule has 6 heteroatoms. The first-order valence-electron chi connectivity index (χ1n) is 7.98. The first-order valence-corrected chi connectivity index (χ1v) is 7.98. The fourth-order valence-electron chi connectivity index (χ4n) is 2.39. The van der Waals surface area contributed by atoms with Crippen LogP contribution in [0.25, 0.3) is 11.0 Å². The summed E-state index contributed by atoms with van der Waals surface area (Å²) in [5, 5.41) is 2.88. The predicted octanol–water partition coefficient (Wildman–Crippen LogP) is 2.47. The van der Waals surface area contributed by atoms with Gasteiger partial charge in [0.15, 0.2) is 0 Å². The summed E-state index contributed by atoms with van der Waals surface area (Å²) in [6, 6.07) is 11.5. The van der Waals surface area contributed by atoms with Gasteiger partial charge in [0, 0.05) is 19.0 Å². The molecule has 0 aliphatic carbocycles. The topological polar surface area (TPSA) is 79.9 Å². The fourth-order valence-corrected chi connectivity index (χ4v) is 2.39. The van der Waals surface area contributed by atoms with E-state index in [2.05, 4.69) is 20.3 Å². The SMILES string of the molecule is C[C@@H](CNC(=O)CCc1nc2ccccc2[nH]1)Oc1cccnc1. The normalized spacial score (nSPS) is 12.0. The van der Waals surface area contributed by atoms with E-state index in [0.29, 0.717) is 25.1 Å². The van der Waals surface area contributed by atoms with Crippen molar-refractivity contribution >= 4 is 16.9 Å². The van der Waals surface area contributed by atoms with Crippen molar-refractivity contribution < 1.29 is 9.53 Å². The van der Waals surface area contributed by atoms with Gasteiger partial charge in [-0.25, -0.2) is 4.98 Å². The third kappa shape index (κ3) is 4.32. The molecule has 2 heterocycles. The maximum atomic E-state index is 12.0. The molecule has 0 saturated carbocycles. The largest absolute Gasteiger partial charge is 0.487 e. The van der Waals surface area contributed by atoms with Crippen molar-refractivity contribution in [2.75, 3.05) is 6.54 Å². The number of ether oxygens (including phenoxy) is 1. The van der Waals surface area contributed by atoms with Crippen molar-refractivity contribution in [3.63, 3.8) is 0 Å². The smallest absolute Gasteiger partial charge is 0.220 e. The van der Waals surface area contributed by atoms with E-state index in [-0.39, 0.29) is 12.0 Å². The van der Waals surface area contributed by atoms with Gasteiger partial charge in [-0.1, -0.05) is 12.1 Å². The van der Waals surface area contributed by atoms with E-state index in [0.717, 1.165) is 16.9 Å². The highest BCUT2D eigenvalue weighted by Gasteiger charge is 2.09. The predicted molar refractivity (Wildman–Crippen MR) is 91.8 cm³/mol. The molecule has 6 nitrogen and oxygen atoms in total. The molecular weight excluding hydrogens is 304 g/mol. The number of fused-ring (bicyclic) bond motifs is 1. The Hall–Kier alpha value is -2.89. The van der Waals surface area contributed by atoms with Crippen LogP contribution in [0.3, 0.4) is 0 Å². The maximum Gasteiger partial charge on any atom is 0.220 e. The number of para-hydroxylation sites is 2. The summed E-state index contributed by atoms with van der Waals surface area (Å²) in [6.07, 6.45) is 4.19. The summed E-state index contributed by atoms with van der Waals surface area (Å²) >= 11 is 0. The number of nitrogens with one attached hydrogen (secondary N) is 2. The van der Waals surface area contributed by atoms with Gasteiger partial charge in [0.1, 0.15) is 17.7 Å². The second-order valence-corrected chi connectivity index (χ2v) is 5.62. The van der Waals surface area contributed by atoms with E-state index in [4.69, 9.17) is 4.74 Å². The maximum absolute atomic E-state index is 12.0. The quantitative estimate of drug-likeness (QED) is 0.700. The number of hydrogen-bond acceptors (Lipinski definition) is 4. The molecule has 124 valence electrons. The van der Waals surface area contributed by atoms with Crippen LogP contribution in [0.15, 0.2) is 48.8 Å². The summed E-state index contributed by atoms with van der Waals surface area (Å²) in [4.78, 5) is 23.7. The molecule has 1 atom stereocenters. The molecule has 0 unspecified atom stereocenters. The molecule has 3 aromatic rings. The van der Waals surface area contributed by atoms with Gasteiger partial charge in [-0.15, -0.1) is 0 Å². The van der Waals surface area contributed by atoms with Gasteiger partial charge in [-0.2, -0.15) is 0 Å². The Labute approximate surface area is 140 Å². The molecule has 0 bridgehead atoms. The number of hydrogen-bond donors (Lipinski definition) is 2. The van der Waals surface area contributed by atoms with Crippen LogP contribution in [-0.4, -0.2) is 33.5 Å². The zero-order valence-corrected chi connectivity index (χ0v) is 13.5. The fraction of sp³-hybridized carbons (Fsp3) is 0.278. The molecule has 0 aliphatic rings. The van der Waals surface area contributed by atoms with Crippen LogP contribution >= 0.6 is 0 Å². The van der Waals surface area contributed by atoms with Crippen molar-refractivity contribution in [2.24, 2.45) is 0 Å². The number of rotatable bonds is 7. The Kier molecular flexibility index (Phi) is 5.05. The molecule has 2 N–H and O–H groups in total. The van der Waals surface area contributed by atoms with Crippen LogP contribution in [0.1, 0.15) is 19.2 Å². The van der Waals surface area contributed by atoms with Gasteiger partial charge in [0.05, 0.1) is 23.8 Å². The van der Waals surface area contributed by atoms with E-state index in [1.54, 1.807) is 12.4 Å². The number of nitrogens with zero attached hydrogens (tertiary/aromatic N) is 2. The van der Waals surface area contributed by atoms with E-state index >= 15 is 0 Å². The van der Waals surface area contributed by atoms with Crippen LogP contribution in [0.5, 0.6) is 5.75 Å². The van der Waals surface area contributed by atoms with E-state index < -0.39 is 0 Å². The van der Waals surface area contributed by atoms with Gasteiger partial charge in [0.2, 0.25) is 5.91 Å². The van der Waals surface area contributed by atoms with E-state index in [1.165, 1.54) is 0 Å². The number of aromatic amines is 1. The molecule has 2 aromatic heterocycles. The Morgan fingerprint density at radius 1 is 1.29 bits per heavy atom. The highest BCUT2D eigenvalue weighted by Crippen LogP contribution is 2.11. The average Bonchev–Trinajstić information content (AvgIpc) is 3.02. The number of benzene rings is 1. The highest BCUT2D eigenvalue weighted by molar-refractivity contribution is 5.77. The van der Waals surface area contributed by atoms with Crippen molar-refractivity contribution in [1.29, 1.82) is 0 Å². The summed E-state index contributed by atoms with van der Waals surface area (Å²) < 4.78 is 5.67. The molecule has 0 saturated heterocycles. The minimum Gasteiger partial charge on any atom is -0.487 e. The second-order valence-electron chi connectivity index (χ2n) is 5.62. The van der Waals surface area contributed by atoms with Gasteiger partial charge < -0.3 is 15.0 Å². The molecule has 0 spiro atoms. The molecule has 24 heavy (non-hydrogen) atoms. The van der Waals surface area contributed by atoms with Crippen LogP contribution in [0.2, 0.25) is 0 Å².